The molecule has 1 saturated heterocycles. The number of sulfonamides is 1. The minimum absolute atomic E-state index is 0.0252. The molecule has 0 radical (unpaired) electrons. The fraction of sp³-hybridized carbons (Fsp3) is 0.727. The molecule has 1 fully saturated rings. The highest BCUT2D eigenvalue weighted by molar-refractivity contribution is 7.89. The van der Waals surface area contributed by atoms with Gasteiger partial charge in [-0.25, -0.2) is 13.1 Å². The van der Waals surface area contributed by atoms with E-state index in [9.17, 15) is 8.42 Å². The topological polar surface area (TPSA) is 76.0 Å². The molecular weight excluding hydrogens is 252 g/mol. The van der Waals surface area contributed by atoms with Crippen LogP contribution in [-0.4, -0.2) is 37.3 Å². The third-order valence-corrected chi connectivity index (χ3v) is 5.10. The van der Waals surface area contributed by atoms with E-state index in [1.54, 1.807) is 25.6 Å². The van der Waals surface area contributed by atoms with Crippen LogP contribution in [0.4, 0.5) is 0 Å². The highest BCUT2D eigenvalue weighted by Crippen LogP contribution is 2.19. The molecule has 0 aromatic carbocycles. The zero-order valence-electron chi connectivity index (χ0n) is 11.0. The first-order valence-electron chi connectivity index (χ1n) is 6.15. The zero-order valence-corrected chi connectivity index (χ0v) is 11.8. The Morgan fingerprint density at radius 2 is 2.17 bits per heavy atom. The van der Waals surface area contributed by atoms with Crippen molar-refractivity contribution in [1.29, 1.82) is 0 Å². The predicted molar refractivity (Wildman–Crippen MR) is 68.9 cm³/mol. The van der Waals surface area contributed by atoms with Gasteiger partial charge in [0.2, 0.25) is 10.0 Å². The summed E-state index contributed by atoms with van der Waals surface area (Å²) in [4.78, 5) is 0.315. The molecule has 7 heteroatoms. The van der Waals surface area contributed by atoms with E-state index in [1.807, 2.05) is 0 Å². The number of rotatable bonds is 3. The second kappa shape index (κ2) is 4.99. The Morgan fingerprint density at radius 3 is 2.67 bits per heavy atom. The lowest BCUT2D eigenvalue weighted by atomic mass is 10.1. The van der Waals surface area contributed by atoms with E-state index in [-0.39, 0.29) is 6.04 Å². The van der Waals surface area contributed by atoms with E-state index in [0.717, 1.165) is 19.4 Å². The van der Waals surface area contributed by atoms with Gasteiger partial charge in [0, 0.05) is 19.6 Å². The fourth-order valence-corrected chi connectivity index (χ4v) is 4.08. The van der Waals surface area contributed by atoms with Gasteiger partial charge in [-0.3, -0.25) is 4.68 Å². The maximum atomic E-state index is 12.4. The van der Waals surface area contributed by atoms with Crippen LogP contribution < -0.4 is 10.0 Å². The molecule has 0 bridgehead atoms. The Bertz CT molecular complexity index is 529. The zero-order chi connectivity index (χ0) is 13.3. The van der Waals surface area contributed by atoms with Crippen LogP contribution in [0.25, 0.3) is 0 Å². The van der Waals surface area contributed by atoms with Crippen LogP contribution in [0.15, 0.2) is 4.90 Å². The number of aromatic nitrogens is 2. The highest BCUT2D eigenvalue weighted by Gasteiger charge is 2.27. The molecule has 1 unspecified atom stereocenters. The maximum Gasteiger partial charge on any atom is 0.244 e. The molecule has 18 heavy (non-hydrogen) atoms. The number of hydrogen-bond donors (Lipinski definition) is 2. The smallest absolute Gasteiger partial charge is 0.244 e. The molecular formula is C11H20N4O2S. The van der Waals surface area contributed by atoms with Crippen LogP contribution in [0, 0.1) is 13.8 Å². The fourth-order valence-electron chi connectivity index (χ4n) is 2.37. The van der Waals surface area contributed by atoms with Gasteiger partial charge >= 0.3 is 0 Å². The molecule has 1 aromatic heterocycles. The second-order valence-corrected chi connectivity index (χ2v) is 6.44. The van der Waals surface area contributed by atoms with Crippen molar-refractivity contribution < 1.29 is 8.42 Å². The number of aryl methyl sites for hydroxylation is 2. The van der Waals surface area contributed by atoms with Crippen molar-refractivity contribution in [2.45, 2.75) is 37.6 Å². The summed E-state index contributed by atoms with van der Waals surface area (Å²) >= 11 is 0. The summed E-state index contributed by atoms with van der Waals surface area (Å²) < 4.78 is 29.1. The quantitative estimate of drug-likeness (QED) is 0.816. The Morgan fingerprint density at radius 1 is 1.44 bits per heavy atom. The van der Waals surface area contributed by atoms with Gasteiger partial charge in [-0.1, -0.05) is 0 Å². The molecule has 2 rings (SSSR count). The van der Waals surface area contributed by atoms with Crippen molar-refractivity contribution in [2.24, 2.45) is 7.05 Å². The van der Waals surface area contributed by atoms with Gasteiger partial charge in [-0.2, -0.15) is 5.10 Å². The van der Waals surface area contributed by atoms with Crippen LogP contribution in [0.3, 0.4) is 0 Å². The Labute approximate surface area is 108 Å². The largest absolute Gasteiger partial charge is 0.315 e. The van der Waals surface area contributed by atoms with Crippen LogP contribution >= 0.6 is 0 Å². The van der Waals surface area contributed by atoms with Crippen molar-refractivity contribution in [1.82, 2.24) is 19.8 Å². The standard InChI is InChI=1S/C11H20N4O2S/c1-8-11(9(2)15(3)13-8)18(16,17)14-10-5-4-6-12-7-10/h10,12,14H,4-7H2,1-3H3. The number of piperidine rings is 1. The molecule has 2 N–H and O–H groups in total. The maximum absolute atomic E-state index is 12.4. The monoisotopic (exact) mass is 272 g/mol. The van der Waals surface area contributed by atoms with Crippen molar-refractivity contribution in [3.05, 3.63) is 11.4 Å². The summed E-state index contributed by atoms with van der Waals surface area (Å²) in [5.41, 5.74) is 1.22. The molecule has 0 spiro atoms. The SMILES string of the molecule is Cc1nn(C)c(C)c1S(=O)(=O)NC1CCCNC1. The van der Waals surface area contributed by atoms with Crippen molar-refractivity contribution in [3.8, 4) is 0 Å². The second-order valence-electron chi connectivity index (χ2n) is 4.79. The summed E-state index contributed by atoms with van der Waals surface area (Å²) in [5, 5.41) is 7.35. The molecule has 1 aromatic rings. The Kier molecular flexibility index (Phi) is 3.74. The first kappa shape index (κ1) is 13.5. The lowest BCUT2D eigenvalue weighted by molar-refractivity contribution is 0.428. The summed E-state index contributed by atoms with van der Waals surface area (Å²) in [6, 6.07) is -0.0252. The molecule has 1 atom stereocenters. The van der Waals surface area contributed by atoms with Gasteiger partial charge in [0.05, 0.1) is 11.4 Å². The van der Waals surface area contributed by atoms with Crippen molar-refractivity contribution in [3.63, 3.8) is 0 Å². The van der Waals surface area contributed by atoms with Gasteiger partial charge in [-0.15, -0.1) is 0 Å². The first-order chi connectivity index (χ1) is 8.42. The van der Waals surface area contributed by atoms with E-state index in [2.05, 4.69) is 15.1 Å². The summed E-state index contributed by atoms with van der Waals surface area (Å²) in [6.45, 7) is 5.15. The summed E-state index contributed by atoms with van der Waals surface area (Å²) in [6.07, 6.45) is 1.88. The van der Waals surface area contributed by atoms with Crippen molar-refractivity contribution >= 4 is 10.0 Å². The molecule has 0 saturated carbocycles. The lowest BCUT2D eigenvalue weighted by Gasteiger charge is -2.23. The van der Waals surface area contributed by atoms with E-state index in [1.165, 1.54) is 0 Å². The number of nitrogens with zero attached hydrogens (tertiary/aromatic N) is 2. The van der Waals surface area contributed by atoms with E-state index >= 15 is 0 Å². The van der Waals surface area contributed by atoms with Gasteiger partial charge in [-0.05, 0) is 33.2 Å². The Balaban J connectivity index is 2.24. The number of hydrogen-bond acceptors (Lipinski definition) is 4. The summed E-state index contributed by atoms with van der Waals surface area (Å²) in [5.74, 6) is 0. The molecule has 2 heterocycles. The van der Waals surface area contributed by atoms with Crippen LogP contribution in [0.2, 0.25) is 0 Å². The normalized spacial score (nSPS) is 21.2. The van der Waals surface area contributed by atoms with Gasteiger partial charge < -0.3 is 5.32 Å². The lowest BCUT2D eigenvalue weighted by Crippen LogP contribution is -2.45. The third kappa shape index (κ3) is 2.57. The number of nitrogens with one attached hydrogen (secondary N) is 2. The Hall–Kier alpha value is -0.920. The molecule has 1 aliphatic rings. The average Bonchev–Trinajstić information content (AvgIpc) is 2.54. The van der Waals surface area contributed by atoms with Gasteiger partial charge in [0.15, 0.2) is 0 Å². The van der Waals surface area contributed by atoms with Crippen LogP contribution in [-0.2, 0) is 17.1 Å². The molecule has 1 aliphatic heterocycles. The minimum atomic E-state index is -3.47. The van der Waals surface area contributed by atoms with Gasteiger partial charge in [0.1, 0.15) is 4.90 Å². The van der Waals surface area contributed by atoms with E-state index in [4.69, 9.17) is 0 Å². The molecule has 102 valence electrons. The average molecular weight is 272 g/mol. The van der Waals surface area contributed by atoms with Crippen LogP contribution in [0.5, 0.6) is 0 Å². The highest BCUT2D eigenvalue weighted by atomic mass is 32.2. The molecule has 0 aliphatic carbocycles. The predicted octanol–water partition coefficient (Wildman–Crippen LogP) is 0.0672. The summed E-state index contributed by atoms with van der Waals surface area (Å²) in [7, 11) is -1.72. The van der Waals surface area contributed by atoms with Crippen LogP contribution in [0.1, 0.15) is 24.2 Å². The first-order valence-corrected chi connectivity index (χ1v) is 7.63. The van der Waals surface area contributed by atoms with Crippen molar-refractivity contribution in [2.75, 3.05) is 13.1 Å². The van der Waals surface area contributed by atoms with E-state index < -0.39 is 10.0 Å². The molecule has 0 amide bonds. The van der Waals surface area contributed by atoms with Gasteiger partial charge in [0.25, 0.3) is 0 Å². The third-order valence-electron chi connectivity index (χ3n) is 3.33. The molecule has 6 nitrogen and oxygen atoms in total. The minimum Gasteiger partial charge on any atom is -0.315 e. The van der Waals surface area contributed by atoms with E-state index in [0.29, 0.717) is 22.8 Å².